The van der Waals surface area contributed by atoms with Crippen molar-refractivity contribution in [1.82, 2.24) is 14.7 Å². The largest absolute Gasteiger partial charge is 0.493 e. The van der Waals surface area contributed by atoms with Crippen LogP contribution in [0.15, 0.2) is 60.9 Å². The Morgan fingerprint density at radius 2 is 1.97 bits per heavy atom. The summed E-state index contributed by atoms with van der Waals surface area (Å²) in [6, 6.07) is 15.6. The van der Waals surface area contributed by atoms with Crippen LogP contribution in [-0.4, -0.2) is 41.4 Å². The molecule has 1 saturated heterocycles. The van der Waals surface area contributed by atoms with Crippen molar-refractivity contribution in [2.45, 2.75) is 25.4 Å². The summed E-state index contributed by atoms with van der Waals surface area (Å²) in [5.41, 5.74) is 2.84. The highest BCUT2D eigenvalue weighted by Gasteiger charge is 2.31. The average Bonchev–Trinajstić information content (AvgIpc) is 3.45. The van der Waals surface area contributed by atoms with Crippen LogP contribution in [0, 0.1) is 0 Å². The summed E-state index contributed by atoms with van der Waals surface area (Å²) in [6.45, 7) is 1.40. The van der Waals surface area contributed by atoms with Gasteiger partial charge in [-0.05, 0) is 54.3 Å². The molecule has 1 aromatic heterocycles. The third-order valence-electron chi connectivity index (χ3n) is 5.38. The highest BCUT2D eigenvalue weighted by molar-refractivity contribution is 5.94. The third-order valence-corrected chi connectivity index (χ3v) is 5.38. The highest BCUT2D eigenvalue weighted by atomic mass is 16.5. The minimum atomic E-state index is 0.0390. The summed E-state index contributed by atoms with van der Waals surface area (Å²) >= 11 is 0. The number of carbonyl (C=O) groups is 1. The Labute approximate surface area is 170 Å². The number of benzene rings is 2. The van der Waals surface area contributed by atoms with Gasteiger partial charge in [0.25, 0.3) is 5.91 Å². The van der Waals surface area contributed by atoms with E-state index in [1.165, 1.54) is 0 Å². The molecule has 0 bridgehead atoms. The summed E-state index contributed by atoms with van der Waals surface area (Å²) < 4.78 is 12.6. The van der Waals surface area contributed by atoms with Crippen LogP contribution >= 0.6 is 0 Å². The van der Waals surface area contributed by atoms with Gasteiger partial charge in [0.2, 0.25) is 0 Å². The second-order valence-electron chi connectivity index (χ2n) is 7.18. The number of hydrogen-bond donors (Lipinski definition) is 0. The molecule has 2 aromatic carbocycles. The number of methoxy groups -OCH3 is 2. The number of nitrogens with zero attached hydrogens (tertiary/aromatic N) is 3. The fourth-order valence-electron chi connectivity index (χ4n) is 3.97. The molecule has 4 rings (SSSR count). The predicted molar refractivity (Wildman–Crippen MR) is 110 cm³/mol. The molecule has 2 heterocycles. The van der Waals surface area contributed by atoms with Gasteiger partial charge in [0.15, 0.2) is 11.5 Å². The summed E-state index contributed by atoms with van der Waals surface area (Å²) in [6.07, 6.45) is 5.60. The van der Waals surface area contributed by atoms with Crippen molar-refractivity contribution in [3.8, 4) is 11.5 Å². The van der Waals surface area contributed by atoms with Crippen LogP contribution in [0.3, 0.4) is 0 Å². The first-order valence-electron chi connectivity index (χ1n) is 9.79. The molecule has 0 radical (unpaired) electrons. The first-order chi connectivity index (χ1) is 14.2. The first kappa shape index (κ1) is 19.1. The molecule has 1 fully saturated rings. The average molecular weight is 391 g/mol. The van der Waals surface area contributed by atoms with Gasteiger partial charge in [-0.2, -0.15) is 5.10 Å². The molecule has 6 nitrogen and oxygen atoms in total. The molecule has 0 saturated carbocycles. The second-order valence-corrected chi connectivity index (χ2v) is 7.18. The van der Waals surface area contributed by atoms with Crippen molar-refractivity contribution in [1.29, 1.82) is 0 Å². The topological polar surface area (TPSA) is 56.6 Å². The van der Waals surface area contributed by atoms with E-state index < -0.39 is 0 Å². The molecule has 29 heavy (non-hydrogen) atoms. The fraction of sp³-hybridized carbons (Fsp3) is 0.304. The van der Waals surface area contributed by atoms with Gasteiger partial charge in [-0.1, -0.05) is 18.2 Å². The van der Waals surface area contributed by atoms with Crippen LogP contribution in [-0.2, 0) is 6.54 Å². The van der Waals surface area contributed by atoms with Crippen molar-refractivity contribution < 1.29 is 14.3 Å². The summed E-state index contributed by atoms with van der Waals surface area (Å²) in [4.78, 5) is 15.3. The smallest absolute Gasteiger partial charge is 0.254 e. The third kappa shape index (κ3) is 3.97. The molecular weight excluding hydrogens is 366 g/mol. The van der Waals surface area contributed by atoms with E-state index in [1.807, 2.05) is 64.3 Å². The van der Waals surface area contributed by atoms with Gasteiger partial charge in [-0.25, -0.2) is 0 Å². The lowest BCUT2D eigenvalue weighted by molar-refractivity contribution is 0.0735. The van der Waals surface area contributed by atoms with E-state index in [0.717, 1.165) is 30.5 Å². The fourth-order valence-corrected chi connectivity index (χ4v) is 3.97. The Bertz CT molecular complexity index is 985. The standard InChI is InChI=1S/C23H25N3O3/c1-28-21-10-9-18(15-22(21)29-2)20-8-4-13-26(20)23(27)19-7-3-6-17(14-19)16-25-12-5-11-24-25/h3,5-7,9-12,14-15,20H,4,8,13,16H2,1-2H3/t20-/m1/s1. The zero-order valence-electron chi connectivity index (χ0n) is 16.7. The van der Waals surface area contributed by atoms with Crippen LogP contribution < -0.4 is 9.47 Å². The molecular formula is C23H25N3O3. The number of carbonyl (C=O) groups excluding carboxylic acids is 1. The SMILES string of the molecule is COc1ccc([C@H]2CCCN2C(=O)c2cccc(Cn3cccn3)c2)cc1OC. The van der Waals surface area contributed by atoms with Gasteiger partial charge in [0.05, 0.1) is 26.8 Å². The van der Waals surface area contributed by atoms with Crippen LogP contribution in [0.2, 0.25) is 0 Å². The van der Waals surface area contributed by atoms with Crippen molar-refractivity contribution in [3.05, 3.63) is 77.6 Å². The Morgan fingerprint density at radius 3 is 2.72 bits per heavy atom. The summed E-state index contributed by atoms with van der Waals surface area (Å²) in [5.74, 6) is 1.44. The Morgan fingerprint density at radius 1 is 1.10 bits per heavy atom. The van der Waals surface area contributed by atoms with E-state index in [9.17, 15) is 4.79 Å². The van der Waals surface area contributed by atoms with E-state index in [2.05, 4.69) is 5.10 Å². The van der Waals surface area contributed by atoms with Crippen molar-refractivity contribution >= 4 is 5.91 Å². The van der Waals surface area contributed by atoms with E-state index >= 15 is 0 Å². The number of rotatable bonds is 6. The van der Waals surface area contributed by atoms with Gasteiger partial charge in [0.1, 0.15) is 0 Å². The lowest BCUT2D eigenvalue weighted by atomic mass is 10.0. The Hall–Kier alpha value is -3.28. The molecule has 1 atom stereocenters. The van der Waals surface area contributed by atoms with E-state index in [1.54, 1.807) is 20.4 Å². The van der Waals surface area contributed by atoms with Crippen molar-refractivity contribution in [2.24, 2.45) is 0 Å². The molecule has 0 N–H and O–H groups in total. The van der Waals surface area contributed by atoms with Crippen LogP contribution in [0.4, 0.5) is 0 Å². The molecule has 1 amide bonds. The monoisotopic (exact) mass is 391 g/mol. The second kappa shape index (κ2) is 8.39. The predicted octanol–water partition coefficient (Wildman–Crippen LogP) is 3.93. The van der Waals surface area contributed by atoms with Gasteiger partial charge in [0, 0.05) is 24.5 Å². The molecule has 0 unspecified atom stereocenters. The zero-order valence-corrected chi connectivity index (χ0v) is 16.7. The molecule has 3 aromatic rings. The molecule has 150 valence electrons. The lowest BCUT2D eigenvalue weighted by Crippen LogP contribution is -2.30. The maximum absolute atomic E-state index is 13.3. The molecule has 6 heteroatoms. The van der Waals surface area contributed by atoms with E-state index in [-0.39, 0.29) is 11.9 Å². The number of ether oxygens (including phenoxy) is 2. The maximum Gasteiger partial charge on any atom is 0.254 e. The van der Waals surface area contributed by atoms with Gasteiger partial charge < -0.3 is 14.4 Å². The Kier molecular flexibility index (Phi) is 5.51. The van der Waals surface area contributed by atoms with Crippen LogP contribution in [0.5, 0.6) is 11.5 Å². The van der Waals surface area contributed by atoms with Crippen LogP contribution in [0.25, 0.3) is 0 Å². The molecule has 1 aliphatic rings. The number of hydrogen-bond acceptors (Lipinski definition) is 4. The van der Waals surface area contributed by atoms with E-state index in [4.69, 9.17) is 9.47 Å². The minimum Gasteiger partial charge on any atom is -0.493 e. The molecule has 0 spiro atoms. The zero-order chi connectivity index (χ0) is 20.2. The first-order valence-corrected chi connectivity index (χ1v) is 9.79. The number of likely N-dealkylation sites (tertiary alicyclic amines) is 1. The Balaban J connectivity index is 1.57. The quantitative estimate of drug-likeness (QED) is 0.639. The molecule has 1 aliphatic heterocycles. The van der Waals surface area contributed by atoms with Crippen LogP contribution in [0.1, 0.15) is 40.4 Å². The van der Waals surface area contributed by atoms with Crippen molar-refractivity contribution in [2.75, 3.05) is 20.8 Å². The minimum absolute atomic E-state index is 0.0390. The van der Waals surface area contributed by atoms with Crippen molar-refractivity contribution in [3.63, 3.8) is 0 Å². The van der Waals surface area contributed by atoms with Gasteiger partial charge in [-0.15, -0.1) is 0 Å². The maximum atomic E-state index is 13.3. The molecule has 0 aliphatic carbocycles. The lowest BCUT2D eigenvalue weighted by Gasteiger charge is -2.26. The van der Waals surface area contributed by atoms with Gasteiger partial charge >= 0.3 is 0 Å². The summed E-state index contributed by atoms with van der Waals surface area (Å²) in [5, 5.41) is 4.24. The van der Waals surface area contributed by atoms with E-state index in [0.29, 0.717) is 23.6 Å². The number of aromatic nitrogens is 2. The van der Waals surface area contributed by atoms with Gasteiger partial charge in [-0.3, -0.25) is 9.48 Å². The highest BCUT2D eigenvalue weighted by Crippen LogP contribution is 2.37. The summed E-state index contributed by atoms with van der Waals surface area (Å²) in [7, 11) is 3.25. The normalized spacial score (nSPS) is 16.1. The number of amides is 1.